The lowest BCUT2D eigenvalue weighted by Crippen LogP contribution is -2.53. The Morgan fingerprint density at radius 2 is 1.68 bits per heavy atom. The second-order valence-electron chi connectivity index (χ2n) is 12.3. The molecule has 0 unspecified atom stereocenters. The molecule has 0 aromatic rings. The number of guanidine groups is 1. The van der Waals surface area contributed by atoms with E-state index in [-0.39, 0.29) is 5.91 Å². The molecule has 4 fully saturated rings. The molecular formula is C30H50N6O4. The molecule has 0 radical (unpaired) electrons. The van der Waals surface area contributed by atoms with E-state index in [4.69, 9.17) is 14.5 Å². The summed E-state index contributed by atoms with van der Waals surface area (Å²) in [6.07, 6.45) is 13.3. The highest BCUT2D eigenvalue weighted by atomic mass is 16.5. The molecule has 10 heteroatoms. The number of aliphatic imine (C=N–C) groups is 1. The molecule has 10 nitrogen and oxygen atoms in total. The maximum absolute atomic E-state index is 13.8. The van der Waals surface area contributed by atoms with Gasteiger partial charge >= 0.3 is 6.09 Å². The van der Waals surface area contributed by atoms with Crippen molar-refractivity contribution < 1.29 is 19.1 Å². The highest BCUT2D eigenvalue weighted by molar-refractivity contribution is 5.96. The van der Waals surface area contributed by atoms with Gasteiger partial charge in [0.15, 0.2) is 0 Å². The van der Waals surface area contributed by atoms with Gasteiger partial charge in [-0.25, -0.2) is 9.79 Å². The summed E-state index contributed by atoms with van der Waals surface area (Å²) in [5, 5.41) is 16.0. The Labute approximate surface area is 240 Å². The predicted molar refractivity (Wildman–Crippen MR) is 154 cm³/mol. The van der Waals surface area contributed by atoms with E-state index in [1.54, 1.807) is 0 Å². The van der Waals surface area contributed by atoms with Gasteiger partial charge in [0, 0.05) is 13.1 Å². The zero-order chi connectivity index (χ0) is 28.2. The summed E-state index contributed by atoms with van der Waals surface area (Å²) >= 11 is 0. The zero-order valence-corrected chi connectivity index (χ0v) is 24.5. The van der Waals surface area contributed by atoms with E-state index >= 15 is 0 Å². The number of hydrogen-bond acceptors (Lipinski definition) is 7. The first-order valence-corrected chi connectivity index (χ1v) is 15.7. The van der Waals surface area contributed by atoms with Crippen LogP contribution in [0.5, 0.6) is 0 Å². The summed E-state index contributed by atoms with van der Waals surface area (Å²) < 4.78 is 11.1. The Hall–Kier alpha value is -2.38. The highest BCUT2D eigenvalue weighted by Crippen LogP contribution is 2.30. The number of carbonyl (C=O) groups is 2. The van der Waals surface area contributed by atoms with Crippen molar-refractivity contribution in [3.8, 4) is 6.07 Å². The van der Waals surface area contributed by atoms with Crippen molar-refractivity contribution in [2.45, 2.75) is 101 Å². The van der Waals surface area contributed by atoms with Gasteiger partial charge in [0.1, 0.15) is 11.6 Å². The second-order valence-corrected chi connectivity index (χ2v) is 12.3. The van der Waals surface area contributed by atoms with Crippen molar-refractivity contribution in [1.82, 2.24) is 20.4 Å². The molecule has 2 aliphatic heterocycles. The minimum absolute atomic E-state index is 0.211. The quantitative estimate of drug-likeness (QED) is 0.343. The SMILES string of the molecule is CN1CCC(CCOC(=O)NC(=N[C@@H](CC2CCCCC2)C(=O)NC2(C#N)CCCCC2)N2CCOCC2)CC1. The van der Waals surface area contributed by atoms with Crippen molar-refractivity contribution in [3.63, 3.8) is 0 Å². The third-order valence-electron chi connectivity index (χ3n) is 9.27. The number of nitriles is 1. The number of rotatable bonds is 8. The fourth-order valence-corrected chi connectivity index (χ4v) is 6.61. The van der Waals surface area contributed by atoms with Crippen LogP contribution in [0.3, 0.4) is 0 Å². The van der Waals surface area contributed by atoms with Crippen molar-refractivity contribution in [1.29, 1.82) is 5.26 Å². The summed E-state index contributed by atoms with van der Waals surface area (Å²) in [6, 6.07) is 1.74. The van der Waals surface area contributed by atoms with Gasteiger partial charge in [-0.1, -0.05) is 51.4 Å². The van der Waals surface area contributed by atoms with Crippen LogP contribution >= 0.6 is 0 Å². The average molecular weight is 559 g/mol. The van der Waals surface area contributed by atoms with Crippen LogP contribution in [-0.4, -0.2) is 92.4 Å². The molecule has 0 aromatic heterocycles. The maximum Gasteiger partial charge on any atom is 0.413 e. The first-order chi connectivity index (χ1) is 19.5. The number of nitrogens with one attached hydrogen (secondary N) is 2. The molecule has 224 valence electrons. The largest absolute Gasteiger partial charge is 0.449 e. The van der Waals surface area contributed by atoms with Crippen molar-refractivity contribution in [2.24, 2.45) is 16.8 Å². The second kappa shape index (κ2) is 15.6. The lowest BCUT2D eigenvalue weighted by molar-refractivity contribution is -0.124. The van der Waals surface area contributed by atoms with Gasteiger partial charge in [0.05, 0.1) is 25.9 Å². The maximum atomic E-state index is 13.8. The van der Waals surface area contributed by atoms with Crippen LogP contribution in [0.15, 0.2) is 4.99 Å². The molecule has 2 amide bonds. The summed E-state index contributed by atoms with van der Waals surface area (Å²) in [5.41, 5.74) is -0.824. The lowest BCUT2D eigenvalue weighted by atomic mass is 9.81. The average Bonchev–Trinajstić information content (AvgIpc) is 2.99. The van der Waals surface area contributed by atoms with E-state index < -0.39 is 17.7 Å². The van der Waals surface area contributed by atoms with Crippen LogP contribution in [0, 0.1) is 23.2 Å². The summed E-state index contributed by atoms with van der Waals surface area (Å²) in [5.74, 6) is 1.15. The Balaban J connectivity index is 1.45. The number of likely N-dealkylation sites (tertiary alicyclic amines) is 1. The Kier molecular flexibility index (Phi) is 11.9. The monoisotopic (exact) mass is 558 g/mol. The molecule has 2 saturated heterocycles. The molecule has 4 rings (SSSR count). The molecule has 2 N–H and O–H groups in total. The Morgan fingerprint density at radius 1 is 1.00 bits per heavy atom. The van der Waals surface area contributed by atoms with Crippen LogP contribution in [-0.2, 0) is 14.3 Å². The van der Waals surface area contributed by atoms with Gasteiger partial charge in [0.25, 0.3) is 0 Å². The van der Waals surface area contributed by atoms with Gasteiger partial charge < -0.3 is 24.6 Å². The number of morpholine rings is 1. The smallest absolute Gasteiger partial charge is 0.413 e. The third-order valence-corrected chi connectivity index (χ3v) is 9.27. The lowest BCUT2D eigenvalue weighted by Gasteiger charge is -2.34. The van der Waals surface area contributed by atoms with Crippen LogP contribution in [0.25, 0.3) is 0 Å². The van der Waals surface area contributed by atoms with E-state index in [0.29, 0.717) is 70.0 Å². The molecule has 0 aromatic carbocycles. The fourth-order valence-electron chi connectivity index (χ4n) is 6.61. The van der Waals surface area contributed by atoms with Gasteiger partial charge in [-0.15, -0.1) is 0 Å². The summed E-state index contributed by atoms with van der Waals surface area (Å²) in [6.45, 7) is 4.76. The van der Waals surface area contributed by atoms with E-state index in [9.17, 15) is 14.9 Å². The highest BCUT2D eigenvalue weighted by Gasteiger charge is 2.37. The van der Waals surface area contributed by atoms with Gasteiger partial charge in [-0.3, -0.25) is 10.1 Å². The minimum atomic E-state index is -0.824. The van der Waals surface area contributed by atoms with E-state index in [2.05, 4.69) is 28.7 Å². The van der Waals surface area contributed by atoms with Crippen molar-refractivity contribution in [3.05, 3.63) is 0 Å². The molecular weight excluding hydrogens is 508 g/mol. The number of amides is 2. The van der Waals surface area contributed by atoms with Crippen molar-refractivity contribution in [2.75, 3.05) is 53.0 Å². The molecule has 2 aliphatic carbocycles. The Morgan fingerprint density at radius 3 is 2.35 bits per heavy atom. The number of hydrogen-bond donors (Lipinski definition) is 2. The molecule has 4 aliphatic rings. The molecule has 1 atom stereocenters. The van der Waals surface area contributed by atoms with Crippen LogP contribution in [0.4, 0.5) is 4.79 Å². The normalized spacial score (nSPS) is 24.1. The van der Waals surface area contributed by atoms with E-state index in [0.717, 1.165) is 64.5 Å². The zero-order valence-electron chi connectivity index (χ0n) is 24.5. The predicted octanol–water partition coefficient (Wildman–Crippen LogP) is 3.81. The molecule has 0 bridgehead atoms. The van der Waals surface area contributed by atoms with E-state index in [1.165, 1.54) is 19.3 Å². The number of ether oxygens (including phenoxy) is 2. The standard InChI is InChI=1S/C30H50N6O4/c1-35-15-10-24(11-16-35)12-19-40-29(38)33-28(36-17-20-39-21-18-36)32-26(22-25-8-4-2-5-9-25)27(37)34-30(23-31)13-6-3-7-14-30/h24-26H,2-22H2,1H3,(H,34,37)(H,32,33,38)/t26-/m0/s1. The molecule has 40 heavy (non-hydrogen) atoms. The molecule has 2 saturated carbocycles. The van der Waals surface area contributed by atoms with Gasteiger partial charge in [0.2, 0.25) is 11.9 Å². The van der Waals surface area contributed by atoms with Crippen LogP contribution in [0.2, 0.25) is 0 Å². The third kappa shape index (κ3) is 9.34. The number of nitrogens with zero attached hydrogens (tertiary/aromatic N) is 4. The minimum Gasteiger partial charge on any atom is -0.449 e. The Bertz CT molecular complexity index is 879. The fraction of sp³-hybridized carbons (Fsp3) is 0.867. The summed E-state index contributed by atoms with van der Waals surface area (Å²) in [4.78, 5) is 35.9. The summed E-state index contributed by atoms with van der Waals surface area (Å²) in [7, 11) is 2.14. The topological polar surface area (TPSA) is 119 Å². The number of piperidine rings is 1. The molecule has 0 spiro atoms. The van der Waals surface area contributed by atoms with Gasteiger partial charge in [-0.05, 0) is 70.5 Å². The van der Waals surface area contributed by atoms with Gasteiger partial charge in [-0.2, -0.15) is 5.26 Å². The molecule has 2 heterocycles. The van der Waals surface area contributed by atoms with Crippen LogP contribution < -0.4 is 10.6 Å². The van der Waals surface area contributed by atoms with Crippen molar-refractivity contribution >= 4 is 18.0 Å². The van der Waals surface area contributed by atoms with E-state index in [1.807, 2.05) is 4.90 Å². The first kappa shape index (κ1) is 30.6. The first-order valence-electron chi connectivity index (χ1n) is 15.7. The number of carbonyl (C=O) groups excluding carboxylic acids is 2. The number of alkyl carbamates (subject to hydrolysis) is 1. The van der Waals surface area contributed by atoms with Crippen LogP contribution in [0.1, 0.15) is 89.9 Å².